The molecule has 0 aromatic carbocycles. The van der Waals surface area contributed by atoms with Crippen molar-refractivity contribution in [2.75, 3.05) is 13.7 Å². The van der Waals surface area contributed by atoms with Crippen LogP contribution in [0.4, 0.5) is 0 Å². The number of carbonyl (C=O) groups is 4. The fraction of sp³-hybridized carbons (Fsp3) is 0.385. The Balaban J connectivity index is 2.61. The summed E-state index contributed by atoms with van der Waals surface area (Å²) < 4.78 is 9.94. The molecule has 0 saturated heterocycles. The minimum absolute atomic E-state index is 0.337. The highest BCUT2D eigenvalue weighted by Crippen LogP contribution is 2.18. The van der Waals surface area contributed by atoms with Gasteiger partial charge in [-0.3, -0.25) is 9.59 Å². The van der Waals surface area contributed by atoms with Crippen LogP contribution < -0.4 is 0 Å². The zero-order chi connectivity index (χ0) is 16.8. The quantitative estimate of drug-likeness (QED) is 0.402. The van der Waals surface area contributed by atoms with Crippen LogP contribution in [-0.2, 0) is 23.9 Å². The van der Waals surface area contributed by atoms with E-state index in [2.05, 4.69) is 14.8 Å². The Morgan fingerprint density at radius 3 is 2.36 bits per heavy atom. The number of hydrogen-bond acceptors (Lipinski definition) is 8. The minimum Gasteiger partial charge on any atom is -0.466 e. The van der Waals surface area contributed by atoms with Gasteiger partial charge in [0.1, 0.15) is 19.3 Å². The molecule has 0 spiro atoms. The zero-order valence-electron chi connectivity index (χ0n) is 12.3. The van der Waals surface area contributed by atoms with Gasteiger partial charge in [0.25, 0.3) is 0 Å². The fourth-order valence-electron chi connectivity index (χ4n) is 1.28. The van der Waals surface area contributed by atoms with E-state index < -0.39 is 29.0 Å². The first-order valence-corrected chi connectivity index (χ1v) is 6.14. The van der Waals surface area contributed by atoms with Gasteiger partial charge >= 0.3 is 17.8 Å². The summed E-state index contributed by atoms with van der Waals surface area (Å²) in [7, 11) is 1.16. The first kappa shape index (κ1) is 17.2. The maximum absolute atomic E-state index is 12.1. The third-order valence-corrected chi connectivity index (χ3v) is 2.57. The number of methoxy groups -OCH3 is 1. The summed E-state index contributed by atoms with van der Waals surface area (Å²) in [5.74, 6) is -3.22. The van der Waals surface area contributed by atoms with E-state index in [0.717, 1.165) is 36.6 Å². The van der Waals surface area contributed by atoms with Gasteiger partial charge in [-0.1, -0.05) is 0 Å². The predicted octanol–water partition coefficient (Wildman–Crippen LogP) is -0.214. The molecular weight excluding hydrogens is 294 g/mol. The lowest BCUT2D eigenvalue weighted by Gasteiger charge is -2.20. The smallest absolute Gasteiger partial charge is 0.331 e. The Morgan fingerprint density at radius 2 is 1.82 bits per heavy atom. The van der Waals surface area contributed by atoms with Gasteiger partial charge in [0, 0.05) is 12.2 Å². The van der Waals surface area contributed by atoms with Gasteiger partial charge in [-0.2, -0.15) is 9.78 Å². The van der Waals surface area contributed by atoms with Crippen LogP contribution in [0.5, 0.6) is 0 Å². The van der Waals surface area contributed by atoms with Crippen molar-refractivity contribution in [3.05, 3.63) is 24.8 Å². The third-order valence-electron chi connectivity index (χ3n) is 2.57. The number of ether oxygens (including phenoxy) is 2. The van der Waals surface area contributed by atoms with Gasteiger partial charge in [-0.25, -0.2) is 14.6 Å². The Bertz CT molecular complexity index is 603. The standard InChI is InChI=1S/C13H15N3O6/c1-13(2,6-22-10(18)5-4-9(17)21-3)11(19)12(20)16-8-14-7-15-16/h4-5,7-8H,6H2,1-3H3/b5-4+. The molecule has 0 bridgehead atoms. The Morgan fingerprint density at radius 1 is 1.18 bits per heavy atom. The molecule has 0 radical (unpaired) electrons. The normalized spacial score (nSPS) is 11.2. The van der Waals surface area contributed by atoms with E-state index >= 15 is 0 Å². The van der Waals surface area contributed by atoms with E-state index in [9.17, 15) is 19.2 Å². The molecule has 0 N–H and O–H groups in total. The molecule has 1 heterocycles. The van der Waals surface area contributed by atoms with Crippen molar-refractivity contribution in [1.29, 1.82) is 0 Å². The van der Waals surface area contributed by atoms with Crippen molar-refractivity contribution in [3.8, 4) is 0 Å². The Kier molecular flexibility index (Phi) is 5.67. The maximum atomic E-state index is 12.1. The molecule has 0 atom stereocenters. The minimum atomic E-state index is -1.25. The average Bonchev–Trinajstić information content (AvgIpc) is 3.03. The molecule has 9 heteroatoms. The molecule has 0 fully saturated rings. The topological polar surface area (TPSA) is 117 Å². The number of aromatic nitrogens is 3. The summed E-state index contributed by atoms with van der Waals surface area (Å²) in [6.07, 6.45) is 3.97. The van der Waals surface area contributed by atoms with Gasteiger partial charge in [-0.05, 0) is 13.8 Å². The van der Waals surface area contributed by atoms with Crippen molar-refractivity contribution in [1.82, 2.24) is 14.8 Å². The summed E-state index contributed by atoms with van der Waals surface area (Å²) in [6, 6.07) is 0. The lowest BCUT2D eigenvalue weighted by Crippen LogP contribution is -2.38. The second-order valence-electron chi connectivity index (χ2n) is 4.82. The molecule has 0 saturated carbocycles. The summed E-state index contributed by atoms with van der Waals surface area (Å²) in [5, 5.41) is 3.57. The molecule has 9 nitrogen and oxygen atoms in total. The van der Waals surface area contributed by atoms with Crippen LogP contribution in [0.15, 0.2) is 24.8 Å². The van der Waals surface area contributed by atoms with Crippen molar-refractivity contribution in [3.63, 3.8) is 0 Å². The SMILES string of the molecule is COC(=O)/C=C/C(=O)OCC(C)(C)C(=O)C(=O)n1cncn1. The largest absolute Gasteiger partial charge is 0.466 e. The molecule has 1 aromatic heterocycles. The van der Waals surface area contributed by atoms with E-state index in [-0.39, 0.29) is 6.61 Å². The van der Waals surface area contributed by atoms with Crippen LogP contribution in [0.25, 0.3) is 0 Å². The Labute approximate surface area is 125 Å². The highest BCUT2D eigenvalue weighted by molar-refractivity contribution is 6.38. The molecule has 118 valence electrons. The van der Waals surface area contributed by atoms with Gasteiger partial charge < -0.3 is 9.47 Å². The maximum Gasteiger partial charge on any atom is 0.331 e. The van der Waals surface area contributed by atoms with Crippen molar-refractivity contribution >= 4 is 23.6 Å². The predicted molar refractivity (Wildman–Crippen MR) is 71.6 cm³/mol. The monoisotopic (exact) mass is 309 g/mol. The second kappa shape index (κ2) is 7.25. The van der Waals surface area contributed by atoms with Crippen LogP contribution in [-0.4, -0.2) is 52.1 Å². The third kappa shape index (κ3) is 4.62. The van der Waals surface area contributed by atoms with Crippen LogP contribution in [0.1, 0.15) is 18.6 Å². The highest BCUT2D eigenvalue weighted by atomic mass is 16.5. The van der Waals surface area contributed by atoms with Crippen LogP contribution in [0, 0.1) is 5.41 Å². The fourth-order valence-corrected chi connectivity index (χ4v) is 1.28. The van der Waals surface area contributed by atoms with E-state index in [4.69, 9.17) is 4.74 Å². The number of rotatable bonds is 6. The van der Waals surface area contributed by atoms with Crippen molar-refractivity contribution < 1.29 is 28.7 Å². The first-order valence-electron chi connectivity index (χ1n) is 6.14. The lowest BCUT2D eigenvalue weighted by atomic mass is 9.88. The van der Waals surface area contributed by atoms with Crippen LogP contribution in [0.2, 0.25) is 0 Å². The first-order chi connectivity index (χ1) is 10.3. The zero-order valence-corrected chi connectivity index (χ0v) is 12.3. The van der Waals surface area contributed by atoms with Gasteiger partial charge in [0.05, 0.1) is 12.5 Å². The van der Waals surface area contributed by atoms with Gasteiger partial charge in [0.15, 0.2) is 0 Å². The molecule has 22 heavy (non-hydrogen) atoms. The van der Waals surface area contributed by atoms with E-state index in [1.807, 2.05) is 0 Å². The van der Waals surface area contributed by atoms with E-state index in [0.29, 0.717) is 0 Å². The molecule has 0 amide bonds. The number of carbonyl (C=O) groups excluding carboxylic acids is 4. The van der Waals surface area contributed by atoms with Gasteiger partial charge in [-0.15, -0.1) is 0 Å². The molecular formula is C13H15N3O6. The number of esters is 2. The number of hydrogen-bond donors (Lipinski definition) is 0. The molecule has 1 aromatic rings. The summed E-state index contributed by atoms with van der Waals surface area (Å²) in [5.41, 5.74) is -1.25. The lowest BCUT2D eigenvalue weighted by molar-refractivity contribution is -0.144. The van der Waals surface area contributed by atoms with Crippen LogP contribution in [0.3, 0.4) is 0 Å². The number of ketones is 1. The average molecular weight is 309 g/mol. The summed E-state index contributed by atoms with van der Waals surface area (Å²) in [6.45, 7) is 2.56. The van der Waals surface area contributed by atoms with Gasteiger partial charge in [0.2, 0.25) is 5.78 Å². The molecule has 1 rings (SSSR count). The number of nitrogens with zero attached hydrogens (tertiary/aromatic N) is 3. The summed E-state index contributed by atoms with van der Waals surface area (Å²) in [4.78, 5) is 49.7. The van der Waals surface area contributed by atoms with E-state index in [1.165, 1.54) is 13.8 Å². The molecule has 0 aliphatic heterocycles. The summed E-state index contributed by atoms with van der Waals surface area (Å²) >= 11 is 0. The highest BCUT2D eigenvalue weighted by Gasteiger charge is 2.35. The number of Topliss-reactive ketones (excluding diaryl/α,β-unsaturated/α-hetero) is 1. The van der Waals surface area contributed by atoms with Crippen molar-refractivity contribution in [2.24, 2.45) is 5.41 Å². The molecule has 0 unspecified atom stereocenters. The van der Waals surface area contributed by atoms with Crippen molar-refractivity contribution in [2.45, 2.75) is 13.8 Å². The second-order valence-corrected chi connectivity index (χ2v) is 4.82. The molecule has 0 aliphatic carbocycles. The van der Waals surface area contributed by atoms with E-state index in [1.54, 1.807) is 0 Å². The Hall–Kier alpha value is -2.84. The van der Waals surface area contributed by atoms with Crippen LogP contribution >= 0.6 is 0 Å². The molecule has 0 aliphatic rings.